The number of aromatic amines is 1. The number of aromatic nitrogens is 2. The molecule has 0 amide bonds. The van der Waals surface area contributed by atoms with Crippen LogP contribution in [0.15, 0.2) is 42.6 Å². The average Bonchev–Trinajstić information content (AvgIpc) is 3.04. The predicted molar refractivity (Wildman–Crippen MR) is 114 cm³/mol. The molecule has 3 rings (SSSR count). The van der Waals surface area contributed by atoms with Crippen LogP contribution in [0.4, 0.5) is 5.69 Å². The Kier molecular flexibility index (Phi) is 8.75. The van der Waals surface area contributed by atoms with Crippen LogP contribution in [0.5, 0.6) is 0 Å². The third-order valence-electron chi connectivity index (χ3n) is 4.70. The molecule has 0 saturated heterocycles. The number of H-pyrrole nitrogens is 1. The van der Waals surface area contributed by atoms with Gasteiger partial charge in [-0.25, -0.2) is 0 Å². The Morgan fingerprint density at radius 3 is 2.12 bits per heavy atom. The summed E-state index contributed by atoms with van der Waals surface area (Å²) in [4.78, 5) is 0. The minimum absolute atomic E-state index is 0. The van der Waals surface area contributed by atoms with Gasteiger partial charge >= 0.3 is 0 Å². The number of benzene rings is 2. The van der Waals surface area contributed by atoms with Gasteiger partial charge < -0.3 is 11.5 Å². The zero-order valence-electron chi connectivity index (χ0n) is 14.3. The number of halogens is 3. The zero-order valence-corrected chi connectivity index (χ0v) is 16.7. The zero-order chi connectivity index (χ0) is 15.7. The number of nitrogen functional groups attached to an aromatic ring is 1. The van der Waals surface area contributed by atoms with E-state index >= 15 is 0 Å². The molecule has 0 radical (unpaired) electrons. The first-order valence-corrected chi connectivity index (χ1v) is 7.70. The quantitative estimate of drug-likeness (QED) is 0.533. The number of nitrogens with one attached hydrogen (secondary N) is 1. The smallest absolute Gasteiger partial charge is 0.0671 e. The van der Waals surface area contributed by atoms with Crippen molar-refractivity contribution in [2.24, 2.45) is 5.73 Å². The second-order valence-electron chi connectivity index (χ2n) is 5.80. The van der Waals surface area contributed by atoms with Gasteiger partial charge in [0.1, 0.15) is 0 Å². The van der Waals surface area contributed by atoms with Crippen LogP contribution in [-0.4, -0.2) is 10.2 Å². The molecule has 0 bridgehead atoms. The summed E-state index contributed by atoms with van der Waals surface area (Å²) in [5, 5.41) is 7.94. The number of nitrogens with zero attached hydrogens (tertiary/aromatic N) is 1. The van der Waals surface area contributed by atoms with E-state index in [0.29, 0.717) is 0 Å². The van der Waals surface area contributed by atoms with Crippen molar-refractivity contribution < 1.29 is 0 Å². The van der Waals surface area contributed by atoms with Crippen molar-refractivity contribution in [1.82, 2.24) is 10.2 Å². The summed E-state index contributed by atoms with van der Waals surface area (Å²) in [5.41, 5.74) is 17.5. The molecule has 5 N–H and O–H groups in total. The van der Waals surface area contributed by atoms with Gasteiger partial charge in [0.2, 0.25) is 0 Å². The van der Waals surface area contributed by atoms with Gasteiger partial charge in [-0.3, -0.25) is 5.10 Å². The number of rotatable bonds is 4. The lowest BCUT2D eigenvalue weighted by atomic mass is 9.85. The molecular formula is C18H25Cl3N4. The summed E-state index contributed by atoms with van der Waals surface area (Å²) < 4.78 is 0. The number of fused-ring (bicyclic) bond motifs is 1. The van der Waals surface area contributed by atoms with Crippen LogP contribution in [-0.2, 0) is 5.54 Å². The summed E-state index contributed by atoms with van der Waals surface area (Å²) in [7, 11) is 0. The van der Waals surface area contributed by atoms with Crippen molar-refractivity contribution in [1.29, 1.82) is 0 Å². The SMILES string of the molecule is CCC(N)(CC)c1ccc(-c2ccc3[nH]ncc3c2N)cc1.Cl.Cl.Cl. The summed E-state index contributed by atoms with van der Waals surface area (Å²) in [5.74, 6) is 0. The first kappa shape index (κ1) is 23.5. The van der Waals surface area contributed by atoms with Crippen LogP contribution in [0.25, 0.3) is 22.0 Å². The average molecular weight is 404 g/mol. The normalized spacial score (nSPS) is 10.5. The van der Waals surface area contributed by atoms with Crippen LogP contribution in [0, 0.1) is 0 Å². The van der Waals surface area contributed by atoms with E-state index < -0.39 is 0 Å². The van der Waals surface area contributed by atoms with E-state index in [2.05, 4.69) is 48.3 Å². The first-order chi connectivity index (χ1) is 10.6. The Labute approximate surface area is 167 Å². The first-order valence-electron chi connectivity index (χ1n) is 7.70. The van der Waals surface area contributed by atoms with Crippen molar-refractivity contribution in [3.8, 4) is 11.1 Å². The van der Waals surface area contributed by atoms with Crippen molar-refractivity contribution >= 4 is 53.8 Å². The Balaban J connectivity index is 0.00000192. The van der Waals surface area contributed by atoms with Crippen molar-refractivity contribution in [2.75, 3.05) is 5.73 Å². The Morgan fingerprint density at radius 1 is 0.960 bits per heavy atom. The lowest BCUT2D eigenvalue weighted by molar-refractivity contribution is 0.413. The summed E-state index contributed by atoms with van der Waals surface area (Å²) in [6, 6.07) is 12.5. The molecule has 25 heavy (non-hydrogen) atoms. The van der Waals surface area contributed by atoms with Crippen molar-refractivity contribution in [2.45, 2.75) is 32.2 Å². The summed E-state index contributed by atoms with van der Waals surface area (Å²) in [6.07, 6.45) is 3.61. The van der Waals surface area contributed by atoms with E-state index in [1.807, 2.05) is 12.1 Å². The molecule has 0 aliphatic heterocycles. The highest BCUT2D eigenvalue weighted by molar-refractivity contribution is 5.98. The van der Waals surface area contributed by atoms with E-state index in [1.165, 1.54) is 5.56 Å². The van der Waals surface area contributed by atoms with Gasteiger partial charge in [-0.15, -0.1) is 37.2 Å². The van der Waals surface area contributed by atoms with E-state index in [1.54, 1.807) is 6.20 Å². The van der Waals surface area contributed by atoms with E-state index in [9.17, 15) is 0 Å². The molecule has 7 heteroatoms. The van der Waals surface area contributed by atoms with Crippen LogP contribution >= 0.6 is 37.2 Å². The number of hydrogen-bond donors (Lipinski definition) is 3. The lowest BCUT2D eigenvalue weighted by Gasteiger charge is -2.27. The fraction of sp³-hybridized carbons (Fsp3) is 0.278. The number of hydrogen-bond acceptors (Lipinski definition) is 3. The van der Waals surface area contributed by atoms with Crippen LogP contribution in [0.2, 0.25) is 0 Å². The highest BCUT2D eigenvalue weighted by Gasteiger charge is 2.22. The maximum atomic E-state index is 6.46. The third-order valence-corrected chi connectivity index (χ3v) is 4.70. The molecular weight excluding hydrogens is 379 g/mol. The Bertz CT molecular complexity index is 796. The lowest BCUT2D eigenvalue weighted by Crippen LogP contribution is -2.34. The highest BCUT2D eigenvalue weighted by Crippen LogP contribution is 2.33. The monoisotopic (exact) mass is 402 g/mol. The summed E-state index contributed by atoms with van der Waals surface area (Å²) >= 11 is 0. The fourth-order valence-electron chi connectivity index (χ4n) is 2.93. The van der Waals surface area contributed by atoms with Crippen LogP contribution < -0.4 is 11.5 Å². The molecule has 0 fully saturated rings. The molecule has 3 aromatic rings. The minimum atomic E-state index is -0.251. The maximum Gasteiger partial charge on any atom is 0.0671 e. The Morgan fingerprint density at radius 2 is 1.56 bits per heavy atom. The molecule has 2 aromatic carbocycles. The number of nitrogens with two attached hydrogens (primary N) is 2. The fourth-order valence-corrected chi connectivity index (χ4v) is 2.93. The molecule has 4 nitrogen and oxygen atoms in total. The van der Waals surface area contributed by atoms with Gasteiger partial charge in [0.05, 0.1) is 17.4 Å². The molecule has 0 unspecified atom stereocenters. The second kappa shape index (κ2) is 9.30. The van der Waals surface area contributed by atoms with Crippen molar-refractivity contribution in [3.05, 3.63) is 48.2 Å². The number of anilines is 1. The predicted octanol–water partition coefficient (Wildman–Crippen LogP) is 5.05. The highest BCUT2D eigenvalue weighted by atomic mass is 35.5. The van der Waals surface area contributed by atoms with Crippen LogP contribution in [0.3, 0.4) is 0 Å². The second-order valence-corrected chi connectivity index (χ2v) is 5.80. The molecule has 1 aromatic heterocycles. The maximum absolute atomic E-state index is 6.46. The molecule has 0 aliphatic carbocycles. The minimum Gasteiger partial charge on any atom is -0.398 e. The van der Waals surface area contributed by atoms with E-state index in [4.69, 9.17) is 11.5 Å². The van der Waals surface area contributed by atoms with Gasteiger partial charge in [-0.05, 0) is 30.0 Å². The molecule has 1 heterocycles. The third kappa shape index (κ3) is 4.21. The molecule has 0 aliphatic rings. The van der Waals surface area contributed by atoms with Gasteiger partial charge in [0.25, 0.3) is 0 Å². The van der Waals surface area contributed by atoms with Crippen molar-refractivity contribution in [3.63, 3.8) is 0 Å². The Hall–Kier alpha value is -1.46. The summed E-state index contributed by atoms with van der Waals surface area (Å²) in [6.45, 7) is 4.25. The van der Waals surface area contributed by atoms with E-state index in [-0.39, 0.29) is 42.8 Å². The topological polar surface area (TPSA) is 80.7 Å². The largest absolute Gasteiger partial charge is 0.398 e. The molecule has 0 spiro atoms. The van der Waals surface area contributed by atoms with E-state index in [0.717, 1.165) is 40.6 Å². The van der Waals surface area contributed by atoms with Crippen LogP contribution in [0.1, 0.15) is 32.3 Å². The standard InChI is InChI=1S/C18H22N4.3ClH/c1-3-18(20,4-2)13-7-5-12(6-8-13)14-9-10-16-15(17(14)19)11-21-22-16;;;/h5-11H,3-4,19-20H2,1-2H3,(H,21,22);3*1H. The molecule has 0 atom stereocenters. The molecule has 0 saturated carbocycles. The van der Waals surface area contributed by atoms with Gasteiger partial charge in [0.15, 0.2) is 0 Å². The van der Waals surface area contributed by atoms with Gasteiger partial charge in [0, 0.05) is 16.5 Å². The van der Waals surface area contributed by atoms with Gasteiger partial charge in [-0.2, -0.15) is 5.10 Å². The molecule has 138 valence electrons. The van der Waals surface area contributed by atoms with Gasteiger partial charge in [-0.1, -0.05) is 44.2 Å².